The normalized spacial score (nSPS) is 13.7. The number of carbonyl (C=O) groups is 2. The Hall–Kier alpha value is -3.38. The molecule has 0 fully saturated rings. The fourth-order valence-electron chi connectivity index (χ4n) is 2.37. The number of carbonyl (C=O) groups excluding carboxylic acids is 2. The topological polar surface area (TPSA) is 94.2 Å². The molecular formula is C17H13N3O3. The zero-order valence-electron chi connectivity index (χ0n) is 12.7. The van der Waals surface area contributed by atoms with E-state index in [2.05, 4.69) is 0 Å². The lowest BCUT2D eigenvalue weighted by atomic mass is 9.99. The highest BCUT2D eigenvalue weighted by atomic mass is 16.5. The van der Waals surface area contributed by atoms with Gasteiger partial charge in [-0.2, -0.15) is 10.5 Å². The van der Waals surface area contributed by atoms with Crippen molar-refractivity contribution in [2.45, 2.75) is 6.92 Å². The molecular weight excluding hydrogens is 294 g/mol. The molecule has 0 spiro atoms. The van der Waals surface area contributed by atoms with E-state index in [0.717, 1.165) is 0 Å². The van der Waals surface area contributed by atoms with Crippen LogP contribution in [-0.2, 0) is 14.3 Å². The molecule has 1 aliphatic heterocycles. The highest BCUT2D eigenvalue weighted by Gasteiger charge is 2.40. The van der Waals surface area contributed by atoms with Crippen LogP contribution in [0.25, 0.3) is 5.70 Å². The summed E-state index contributed by atoms with van der Waals surface area (Å²) >= 11 is 0. The van der Waals surface area contributed by atoms with E-state index in [-0.39, 0.29) is 17.8 Å². The van der Waals surface area contributed by atoms with Gasteiger partial charge in [-0.3, -0.25) is 4.79 Å². The standard InChI is InChI=1S/C17H13N3O3/c1-3-23-17(22)14-13(12(9-18)10-19)16(21)20(2)15(14)11-7-5-4-6-8-11/h4-8H,3H2,1-2H3. The van der Waals surface area contributed by atoms with E-state index in [1.165, 1.54) is 11.9 Å². The van der Waals surface area contributed by atoms with Crippen molar-refractivity contribution in [3.63, 3.8) is 0 Å². The molecule has 1 aromatic rings. The Balaban J connectivity index is 2.82. The first-order valence-electron chi connectivity index (χ1n) is 6.86. The van der Waals surface area contributed by atoms with E-state index in [0.29, 0.717) is 11.3 Å². The van der Waals surface area contributed by atoms with Gasteiger partial charge in [0.2, 0.25) is 0 Å². The molecule has 0 bridgehead atoms. The summed E-state index contributed by atoms with van der Waals surface area (Å²) in [5.41, 5.74) is 0.276. The monoisotopic (exact) mass is 307 g/mol. The van der Waals surface area contributed by atoms with Crippen LogP contribution in [0.2, 0.25) is 0 Å². The van der Waals surface area contributed by atoms with Crippen LogP contribution < -0.4 is 0 Å². The summed E-state index contributed by atoms with van der Waals surface area (Å²) in [5.74, 6) is -1.31. The van der Waals surface area contributed by atoms with Gasteiger partial charge in [-0.1, -0.05) is 30.3 Å². The van der Waals surface area contributed by atoms with Gasteiger partial charge in [-0.05, 0) is 12.5 Å². The van der Waals surface area contributed by atoms with Gasteiger partial charge in [-0.15, -0.1) is 0 Å². The molecule has 6 nitrogen and oxygen atoms in total. The zero-order valence-corrected chi connectivity index (χ0v) is 12.7. The number of amides is 1. The van der Waals surface area contributed by atoms with Gasteiger partial charge in [0.25, 0.3) is 5.91 Å². The number of likely N-dealkylation sites (N-methyl/N-ethyl adjacent to an activating group) is 1. The van der Waals surface area contributed by atoms with Crippen molar-refractivity contribution in [2.24, 2.45) is 0 Å². The summed E-state index contributed by atoms with van der Waals surface area (Å²) in [5, 5.41) is 18.2. The number of hydrogen-bond donors (Lipinski definition) is 0. The second kappa shape index (κ2) is 6.59. The molecule has 0 unspecified atom stereocenters. The molecule has 0 N–H and O–H groups in total. The highest BCUT2D eigenvalue weighted by Crippen LogP contribution is 2.36. The van der Waals surface area contributed by atoms with Gasteiger partial charge in [0.15, 0.2) is 0 Å². The number of allylic oxidation sites excluding steroid dienone is 1. The average molecular weight is 307 g/mol. The number of nitriles is 2. The van der Waals surface area contributed by atoms with E-state index in [4.69, 9.17) is 15.3 Å². The molecule has 0 atom stereocenters. The van der Waals surface area contributed by atoms with E-state index < -0.39 is 17.4 Å². The minimum absolute atomic E-state index is 0.0522. The third kappa shape index (κ3) is 2.70. The van der Waals surface area contributed by atoms with Gasteiger partial charge < -0.3 is 9.64 Å². The molecule has 0 saturated carbocycles. The van der Waals surface area contributed by atoms with Crippen molar-refractivity contribution in [2.75, 3.05) is 13.7 Å². The third-order valence-corrected chi connectivity index (χ3v) is 3.34. The summed E-state index contributed by atoms with van der Waals surface area (Å²) in [6.45, 7) is 1.75. The molecule has 6 heteroatoms. The fourth-order valence-corrected chi connectivity index (χ4v) is 2.37. The molecule has 1 aliphatic rings. The molecule has 114 valence electrons. The van der Waals surface area contributed by atoms with E-state index >= 15 is 0 Å². The molecule has 1 aromatic carbocycles. The van der Waals surface area contributed by atoms with Crippen molar-refractivity contribution < 1.29 is 14.3 Å². The molecule has 23 heavy (non-hydrogen) atoms. The lowest BCUT2D eigenvalue weighted by molar-refractivity contribution is -0.138. The third-order valence-electron chi connectivity index (χ3n) is 3.34. The van der Waals surface area contributed by atoms with Crippen LogP contribution in [0.1, 0.15) is 12.5 Å². The fraction of sp³-hybridized carbons (Fsp3) is 0.176. The van der Waals surface area contributed by atoms with Crippen LogP contribution in [0.15, 0.2) is 47.1 Å². The number of nitrogens with zero attached hydrogens (tertiary/aromatic N) is 3. The Labute approximate surface area is 133 Å². The predicted octanol–water partition coefficient (Wildman–Crippen LogP) is 1.78. The maximum atomic E-state index is 12.5. The predicted molar refractivity (Wildman–Crippen MR) is 81.0 cm³/mol. The number of benzene rings is 1. The SMILES string of the molecule is CCOC(=O)C1=C(c2ccccc2)N(C)C(=O)C1=C(C#N)C#N. The number of esters is 1. The first-order valence-corrected chi connectivity index (χ1v) is 6.86. The van der Waals surface area contributed by atoms with Crippen molar-refractivity contribution >= 4 is 17.6 Å². The van der Waals surface area contributed by atoms with E-state index in [1.807, 2.05) is 0 Å². The molecule has 0 saturated heterocycles. The second-order valence-electron chi connectivity index (χ2n) is 4.65. The first-order chi connectivity index (χ1) is 11.1. The summed E-state index contributed by atoms with van der Waals surface area (Å²) in [6.07, 6.45) is 0. The Morgan fingerprint density at radius 2 is 1.83 bits per heavy atom. The van der Waals surface area contributed by atoms with Crippen molar-refractivity contribution in [3.8, 4) is 12.1 Å². The van der Waals surface area contributed by atoms with E-state index in [1.54, 1.807) is 49.4 Å². The van der Waals surface area contributed by atoms with Crippen LogP contribution in [0, 0.1) is 22.7 Å². The number of hydrogen-bond acceptors (Lipinski definition) is 5. The van der Waals surface area contributed by atoms with Gasteiger partial charge in [0.1, 0.15) is 17.7 Å². The van der Waals surface area contributed by atoms with Crippen LogP contribution in [0.3, 0.4) is 0 Å². The van der Waals surface area contributed by atoms with Crippen molar-refractivity contribution in [1.29, 1.82) is 10.5 Å². The number of rotatable bonds is 3. The molecule has 0 aromatic heterocycles. The smallest absolute Gasteiger partial charge is 0.341 e. The molecule has 2 rings (SSSR count). The van der Waals surface area contributed by atoms with Gasteiger partial charge in [0, 0.05) is 7.05 Å². The van der Waals surface area contributed by atoms with Crippen LogP contribution in [0.5, 0.6) is 0 Å². The molecule has 0 aliphatic carbocycles. The van der Waals surface area contributed by atoms with Crippen molar-refractivity contribution in [3.05, 3.63) is 52.6 Å². The lowest BCUT2D eigenvalue weighted by Gasteiger charge is -2.14. The summed E-state index contributed by atoms with van der Waals surface area (Å²) in [7, 11) is 1.49. The van der Waals surface area contributed by atoms with Crippen LogP contribution >= 0.6 is 0 Å². The molecule has 1 amide bonds. The van der Waals surface area contributed by atoms with Gasteiger partial charge in [0.05, 0.1) is 23.5 Å². The summed E-state index contributed by atoms with van der Waals surface area (Å²) in [4.78, 5) is 26.1. The average Bonchev–Trinajstić information content (AvgIpc) is 2.82. The maximum Gasteiger partial charge on any atom is 0.341 e. The second-order valence-corrected chi connectivity index (χ2v) is 4.65. The minimum atomic E-state index is -0.734. The molecule has 0 radical (unpaired) electrons. The van der Waals surface area contributed by atoms with Crippen molar-refractivity contribution in [1.82, 2.24) is 4.90 Å². The van der Waals surface area contributed by atoms with Crippen LogP contribution in [-0.4, -0.2) is 30.4 Å². The Morgan fingerprint density at radius 1 is 1.22 bits per heavy atom. The Morgan fingerprint density at radius 3 is 2.35 bits per heavy atom. The lowest BCUT2D eigenvalue weighted by Crippen LogP contribution is -2.20. The highest BCUT2D eigenvalue weighted by molar-refractivity contribution is 6.21. The quantitative estimate of drug-likeness (QED) is 0.482. The summed E-state index contributed by atoms with van der Waals surface area (Å²) < 4.78 is 5.01. The zero-order chi connectivity index (χ0) is 17.0. The Kier molecular flexibility index (Phi) is 4.58. The Bertz CT molecular complexity index is 792. The molecule has 1 heterocycles. The largest absolute Gasteiger partial charge is 0.462 e. The minimum Gasteiger partial charge on any atom is -0.462 e. The summed E-state index contributed by atoms with van der Waals surface area (Å²) in [6, 6.07) is 12.1. The number of ether oxygens (including phenoxy) is 1. The van der Waals surface area contributed by atoms with Gasteiger partial charge >= 0.3 is 5.97 Å². The first kappa shape index (κ1) is 16.0. The maximum absolute atomic E-state index is 12.5. The van der Waals surface area contributed by atoms with Crippen LogP contribution in [0.4, 0.5) is 0 Å². The van der Waals surface area contributed by atoms with E-state index in [9.17, 15) is 9.59 Å². The van der Waals surface area contributed by atoms with Gasteiger partial charge in [-0.25, -0.2) is 4.79 Å².